The van der Waals surface area contributed by atoms with E-state index in [1.165, 1.54) is 6.92 Å². The Balaban J connectivity index is 3.42. The molecule has 0 radical (unpaired) electrons. The topological polar surface area (TPSA) is 63.6 Å². The second-order valence-electron chi connectivity index (χ2n) is 3.73. The number of benzene rings is 1. The first-order valence-corrected chi connectivity index (χ1v) is 5.33. The highest BCUT2D eigenvalue weighted by molar-refractivity contribution is 6.08. The number of methoxy groups -OCH3 is 1. The number of carbonyl (C=O) groups excluding carboxylic acids is 1. The predicted molar refractivity (Wildman–Crippen MR) is 58.6 cm³/mol. The van der Waals surface area contributed by atoms with Crippen molar-refractivity contribution in [2.45, 2.75) is 13.3 Å². The SMILES string of the molecule is CCC(C(=O)O)C(=O)c1c(F)cc(F)c(OC)c1F. The number of hydrogen-bond donors (Lipinski definition) is 1. The Kier molecular flexibility index (Phi) is 4.52. The van der Waals surface area contributed by atoms with Crippen molar-refractivity contribution < 1.29 is 32.6 Å². The molecule has 1 aromatic carbocycles. The fourth-order valence-corrected chi connectivity index (χ4v) is 1.63. The summed E-state index contributed by atoms with van der Waals surface area (Å²) in [4.78, 5) is 22.6. The molecule has 1 rings (SSSR count). The van der Waals surface area contributed by atoms with Gasteiger partial charge in [-0.25, -0.2) is 13.2 Å². The molecule has 0 fully saturated rings. The lowest BCUT2D eigenvalue weighted by atomic mass is 9.94. The lowest BCUT2D eigenvalue weighted by Gasteiger charge is -2.12. The van der Waals surface area contributed by atoms with Crippen molar-refractivity contribution in [2.75, 3.05) is 7.11 Å². The molecule has 0 aromatic heterocycles. The van der Waals surface area contributed by atoms with Gasteiger partial charge in [0.2, 0.25) is 0 Å². The van der Waals surface area contributed by atoms with Crippen LogP contribution in [0.2, 0.25) is 0 Å². The van der Waals surface area contributed by atoms with E-state index < -0.39 is 46.4 Å². The van der Waals surface area contributed by atoms with Crippen molar-refractivity contribution in [1.29, 1.82) is 0 Å². The summed E-state index contributed by atoms with van der Waals surface area (Å²) in [5.41, 5.74) is -1.10. The van der Waals surface area contributed by atoms with Gasteiger partial charge in [-0.15, -0.1) is 0 Å². The van der Waals surface area contributed by atoms with Crippen LogP contribution < -0.4 is 4.74 Å². The summed E-state index contributed by atoms with van der Waals surface area (Å²) in [5.74, 6) is -9.59. The van der Waals surface area contributed by atoms with E-state index in [4.69, 9.17) is 5.11 Å². The maximum atomic E-state index is 13.8. The van der Waals surface area contributed by atoms with Crippen molar-refractivity contribution in [3.05, 3.63) is 29.1 Å². The number of carboxylic acid groups (broad SMARTS) is 1. The molecule has 0 amide bonds. The van der Waals surface area contributed by atoms with Crippen LogP contribution in [-0.4, -0.2) is 24.0 Å². The normalized spacial score (nSPS) is 12.1. The summed E-state index contributed by atoms with van der Waals surface area (Å²) in [6.45, 7) is 1.38. The molecule has 0 saturated heterocycles. The summed E-state index contributed by atoms with van der Waals surface area (Å²) in [6.07, 6.45) is -0.146. The lowest BCUT2D eigenvalue weighted by molar-refractivity contribution is -0.140. The summed E-state index contributed by atoms with van der Waals surface area (Å²) < 4.78 is 44.8. The Morgan fingerprint density at radius 2 is 1.89 bits per heavy atom. The van der Waals surface area contributed by atoms with Gasteiger partial charge in [-0.3, -0.25) is 9.59 Å². The molecule has 104 valence electrons. The van der Waals surface area contributed by atoms with Gasteiger partial charge in [0.25, 0.3) is 0 Å². The molecule has 19 heavy (non-hydrogen) atoms. The molecule has 4 nitrogen and oxygen atoms in total. The average molecular weight is 276 g/mol. The second-order valence-corrected chi connectivity index (χ2v) is 3.73. The van der Waals surface area contributed by atoms with E-state index in [1.807, 2.05) is 0 Å². The van der Waals surface area contributed by atoms with Crippen molar-refractivity contribution >= 4 is 11.8 Å². The number of Topliss-reactive ketones (excluding diaryl/α,β-unsaturated/α-hetero) is 1. The van der Waals surface area contributed by atoms with Gasteiger partial charge in [-0.05, 0) is 6.42 Å². The first kappa shape index (κ1) is 15.0. The number of carbonyl (C=O) groups is 2. The molecular weight excluding hydrogens is 265 g/mol. The quantitative estimate of drug-likeness (QED) is 0.662. The molecule has 7 heteroatoms. The molecule has 0 spiro atoms. The predicted octanol–water partition coefficient (Wildman–Crippen LogP) is 2.41. The van der Waals surface area contributed by atoms with E-state index in [1.54, 1.807) is 0 Å². The van der Waals surface area contributed by atoms with Crippen molar-refractivity contribution in [3.63, 3.8) is 0 Å². The van der Waals surface area contributed by atoms with E-state index in [2.05, 4.69) is 4.74 Å². The molecule has 1 N–H and O–H groups in total. The Morgan fingerprint density at radius 3 is 2.32 bits per heavy atom. The molecular formula is C12H11F3O4. The van der Waals surface area contributed by atoms with Gasteiger partial charge in [0, 0.05) is 6.07 Å². The maximum absolute atomic E-state index is 13.8. The van der Waals surface area contributed by atoms with Gasteiger partial charge in [0.1, 0.15) is 11.7 Å². The van der Waals surface area contributed by atoms with E-state index in [0.29, 0.717) is 0 Å². The highest BCUT2D eigenvalue weighted by Crippen LogP contribution is 2.29. The zero-order chi connectivity index (χ0) is 14.7. The van der Waals surface area contributed by atoms with Crippen molar-refractivity contribution in [1.82, 2.24) is 0 Å². The molecule has 1 atom stereocenters. The Hall–Kier alpha value is -2.05. The highest BCUT2D eigenvalue weighted by Gasteiger charge is 2.32. The zero-order valence-corrected chi connectivity index (χ0v) is 10.2. The summed E-state index contributed by atoms with van der Waals surface area (Å²) >= 11 is 0. The molecule has 1 unspecified atom stereocenters. The third-order valence-corrected chi connectivity index (χ3v) is 2.60. The summed E-state index contributed by atoms with van der Waals surface area (Å²) in [5, 5.41) is 8.80. The summed E-state index contributed by atoms with van der Waals surface area (Å²) in [7, 11) is 0.947. The largest absolute Gasteiger partial charge is 0.491 e. The van der Waals surface area contributed by atoms with Crippen molar-refractivity contribution in [3.8, 4) is 5.75 Å². The molecule has 0 saturated carbocycles. The lowest BCUT2D eigenvalue weighted by Crippen LogP contribution is -2.25. The monoisotopic (exact) mass is 276 g/mol. The van der Waals surface area contributed by atoms with E-state index in [9.17, 15) is 22.8 Å². The van der Waals surface area contributed by atoms with Crippen LogP contribution in [-0.2, 0) is 4.79 Å². The van der Waals surface area contributed by atoms with Crippen LogP contribution >= 0.6 is 0 Å². The number of ether oxygens (including phenoxy) is 1. The maximum Gasteiger partial charge on any atom is 0.314 e. The average Bonchev–Trinajstić information content (AvgIpc) is 2.28. The van der Waals surface area contributed by atoms with Gasteiger partial charge in [0.15, 0.2) is 23.2 Å². The summed E-state index contributed by atoms with van der Waals surface area (Å²) in [6, 6.07) is 0.281. The van der Waals surface area contributed by atoms with Crippen LogP contribution in [0, 0.1) is 23.4 Å². The van der Waals surface area contributed by atoms with Crippen LogP contribution in [0.3, 0.4) is 0 Å². The van der Waals surface area contributed by atoms with Gasteiger partial charge in [-0.1, -0.05) is 6.92 Å². The van der Waals surface area contributed by atoms with E-state index >= 15 is 0 Å². The standard InChI is InChI=1S/C12H11F3O4/c1-3-5(12(17)18)10(16)8-6(13)4-7(14)11(19-2)9(8)15/h4-5H,3H2,1-2H3,(H,17,18). The highest BCUT2D eigenvalue weighted by atomic mass is 19.1. The number of carboxylic acids is 1. The first-order chi connectivity index (χ1) is 8.84. The van der Waals surface area contributed by atoms with Crippen LogP contribution in [0.5, 0.6) is 5.75 Å². The third kappa shape index (κ3) is 2.69. The van der Waals surface area contributed by atoms with E-state index in [0.717, 1.165) is 7.11 Å². The van der Waals surface area contributed by atoms with Crippen LogP contribution in [0.1, 0.15) is 23.7 Å². The van der Waals surface area contributed by atoms with Crippen molar-refractivity contribution in [2.24, 2.45) is 5.92 Å². The van der Waals surface area contributed by atoms with Crippen LogP contribution in [0.4, 0.5) is 13.2 Å². The Bertz CT molecular complexity index is 528. The molecule has 0 bridgehead atoms. The third-order valence-electron chi connectivity index (χ3n) is 2.60. The number of hydrogen-bond acceptors (Lipinski definition) is 3. The fourth-order valence-electron chi connectivity index (χ4n) is 1.63. The molecule has 0 aliphatic heterocycles. The second kappa shape index (κ2) is 5.73. The van der Waals surface area contributed by atoms with Crippen LogP contribution in [0.25, 0.3) is 0 Å². The minimum absolute atomic E-state index is 0.146. The molecule has 0 aliphatic carbocycles. The zero-order valence-electron chi connectivity index (χ0n) is 10.2. The van der Waals surface area contributed by atoms with Gasteiger partial charge in [-0.2, -0.15) is 0 Å². The molecule has 0 heterocycles. The Labute approximate surface area is 106 Å². The Morgan fingerprint density at radius 1 is 1.32 bits per heavy atom. The van der Waals surface area contributed by atoms with Gasteiger partial charge < -0.3 is 9.84 Å². The first-order valence-electron chi connectivity index (χ1n) is 5.33. The number of ketones is 1. The van der Waals surface area contributed by atoms with Gasteiger partial charge in [0.05, 0.1) is 12.7 Å². The smallest absolute Gasteiger partial charge is 0.314 e. The molecule has 0 aliphatic rings. The van der Waals surface area contributed by atoms with E-state index in [-0.39, 0.29) is 12.5 Å². The van der Waals surface area contributed by atoms with Gasteiger partial charge >= 0.3 is 5.97 Å². The molecule has 1 aromatic rings. The fraction of sp³-hybridized carbons (Fsp3) is 0.333. The minimum atomic E-state index is -1.60. The number of rotatable bonds is 5. The number of aliphatic carboxylic acids is 1. The minimum Gasteiger partial charge on any atom is -0.491 e. The number of halogens is 3. The van der Waals surface area contributed by atoms with Crippen LogP contribution in [0.15, 0.2) is 6.07 Å².